The van der Waals surface area contributed by atoms with Crippen LogP contribution in [0.15, 0.2) is 12.2 Å². The van der Waals surface area contributed by atoms with Crippen molar-refractivity contribution < 1.29 is 13.2 Å². The highest BCUT2D eigenvalue weighted by atomic mass is 32.2. The molecular weight excluding hydrogens is 262 g/mol. The van der Waals surface area contributed by atoms with Gasteiger partial charge in [-0.2, -0.15) is 0 Å². The summed E-state index contributed by atoms with van der Waals surface area (Å²) in [4.78, 5) is 14.1. The van der Waals surface area contributed by atoms with E-state index in [1.54, 1.807) is 12.2 Å². The van der Waals surface area contributed by atoms with Gasteiger partial charge in [-0.1, -0.05) is 25.3 Å². The summed E-state index contributed by atoms with van der Waals surface area (Å²) in [5.41, 5.74) is 0. The Hall–Kier alpha value is -0.840. The number of hydrogen-bond acceptors (Lipinski definition) is 3. The fourth-order valence-corrected chi connectivity index (χ4v) is 4.95. The van der Waals surface area contributed by atoms with Gasteiger partial charge in [0.25, 0.3) is 0 Å². The minimum Gasteiger partial charge on any atom is -0.332 e. The first kappa shape index (κ1) is 14.6. The van der Waals surface area contributed by atoms with Gasteiger partial charge in [0.1, 0.15) is 0 Å². The predicted octanol–water partition coefficient (Wildman–Crippen LogP) is 1.91. The van der Waals surface area contributed by atoms with E-state index in [0.29, 0.717) is 6.42 Å². The molecule has 1 saturated heterocycles. The maximum atomic E-state index is 12.3. The molecule has 1 aliphatic heterocycles. The van der Waals surface area contributed by atoms with Crippen molar-refractivity contribution >= 4 is 15.7 Å². The first-order valence-corrected chi connectivity index (χ1v) is 9.01. The highest BCUT2D eigenvalue weighted by molar-refractivity contribution is 7.91. The van der Waals surface area contributed by atoms with E-state index < -0.39 is 9.84 Å². The minimum atomic E-state index is -2.95. The molecule has 1 aliphatic carbocycles. The van der Waals surface area contributed by atoms with Gasteiger partial charge in [0.05, 0.1) is 11.5 Å². The van der Waals surface area contributed by atoms with Gasteiger partial charge in [0, 0.05) is 12.1 Å². The lowest BCUT2D eigenvalue weighted by Gasteiger charge is -2.37. The van der Waals surface area contributed by atoms with E-state index in [4.69, 9.17) is 0 Å². The van der Waals surface area contributed by atoms with Gasteiger partial charge in [-0.05, 0) is 32.3 Å². The van der Waals surface area contributed by atoms with Gasteiger partial charge in [0.15, 0.2) is 9.84 Å². The third-order valence-corrected chi connectivity index (χ3v) is 5.88. The highest BCUT2D eigenvalue weighted by Crippen LogP contribution is 2.28. The SMILES string of the molecule is CC=CC(=O)N(C1CCCCC1)C1CCS(=O)(=O)C1. The second-order valence-electron chi connectivity index (χ2n) is 5.59. The smallest absolute Gasteiger partial charge is 0.246 e. The van der Waals surface area contributed by atoms with Gasteiger partial charge in [-0.3, -0.25) is 4.79 Å². The molecule has 4 nitrogen and oxygen atoms in total. The van der Waals surface area contributed by atoms with Crippen molar-refractivity contribution in [3.8, 4) is 0 Å². The third kappa shape index (κ3) is 3.59. The summed E-state index contributed by atoms with van der Waals surface area (Å²) in [6, 6.07) is 0.118. The van der Waals surface area contributed by atoms with Crippen LogP contribution in [0.25, 0.3) is 0 Å². The Kier molecular flexibility index (Phi) is 4.66. The Morgan fingerprint density at radius 1 is 1.11 bits per heavy atom. The van der Waals surface area contributed by atoms with Crippen molar-refractivity contribution in [1.29, 1.82) is 0 Å². The maximum Gasteiger partial charge on any atom is 0.246 e. The van der Waals surface area contributed by atoms with Crippen molar-refractivity contribution in [1.82, 2.24) is 4.90 Å². The van der Waals surface area contributed by atoms with Crippen LogP contribution in [-0.4, -0.2) is 42.8 Å². The molecule has 0 radical (unpaired) electrons. The normalized spacial score (nSPS) is 27.7. The van der Waals surface area contributed by atoms with Crippen LogP contribution in [0.3, 0.4) is 0 Å². The van der Waals surface area contributed by atoms with E-state index in [0.717, 1.165) is 25.7 Å². The molecule has 2 aliphatic rings. The van der Waals surface area contributed by atoms with Gasteiger partial charge in [-0.15, -0.1) is 0 Å². The molecule has 2 rings (SSSR count). The van der Waals surface area contributed by atoms with Crippen LogP contribution in [-0.2, 0) is 14.6 Å². The number of sulfone groups is 1. The zero-order valence-corrected chi connectivity index (χ0v) is 12.4. The Labute approximate surface area is 115 Å². The van der Waals surface area contributed by atoms with E-state index in [-0.39, 0.29) is 29.5 Å². The van der Waals surface area contributed by atoms with Crippen LogP contribution < -0.4 is 0 Å². The van der Waals surface area contributed by atoms with Crippen molar-refractivity contribution in [2.45, 2.75) is 57.5 Å². The highest BCUT2D eigenvalue weighted by Gasteiger charge is 2.37. The Morgan fingerprint density at radius 2 is 1.79 bits per heavy atom. The average Bonchev–Trinajstić information content (AvgIpc) is 2.71. The van der Waals surface area contributed by atoms with Crippen LogP contribution in [0, 0.1) is 0 Å². The summed E-state index contributed by atoms with van der Waals surface area (Å²) in [6.45, 7) is 1.82. The Balaban J connectivity index is 2.16. The second kappa shape index (κ2) is 6.07. The monoisotopic (exact) mass is 285 g/mol. The van der Waals surface area contributed by atoms with Crippen LogP contribution in [0.1, 0.15) is 45.4 Å². The van der Waals surface area contributed by atoms with Crippen molar-refractivity contribution in [2.75, 3.05) is 11.5 Å². The number of amides is 1. The standard InChI is InChI=1S/C14H23NO3S/c1-2-6-14(16)15(12-7-4-3-5-8-12)13-9-10-19(17,18)11-13/h2,6,12-13H,3-5,7-11H2,1H3. The molecule has 0 aromatic rings. The third-order valence-electron chi connectivity index (χ3n) is 4.13. The molecule has 1 amide bonds. The molecule has 108 valence electrons. The van der Waals surface area contributed by atoms with Crippen molar-refractivity contribution in [2.24, 2.45) is 0 Å². The Bertz CT molecular complexity index is 449. The van der Waals surface area contributed by atoms with E-state index in [2.05, 4.69) is 0 Å². The van der Waals surface area contributed by atoms with Gasteiger partial charge in [-0.25, -0.2) is 8.42 Å². The lowest BCUT2D eigenvalue weighted by atomic mass is 9.93. The molecular formula is C14H23NO3S. The molecule has 5 heteroatoms. The van der Waals surface area contributed by atoms with Gasteiger partial charge < -0.3 is 4.90 Å². The fraction of sp³-hybridized carbons (Fsp3) is 0.786. The molecule has 19 heavy (non-hydrogen) atoms. The van der Waals surface area contributed by atoms with E-state index >= 15 is 0 Å². The van der Waals surface area contributed by atoms with Gasteiger partial charge in [0.2, 0.25) is 5.91 Å². The van der Waals surface area contributed by atoms with Crippen molar-refractivity contribution in [3.63, 3.8) is 0 Å². The lowest BCUT2D eigenvalue weighted by Crippen LogP contribution is -2.48. The summed E-state index contributed by atoms with van der Waals surface area (Å²) in [5.74, 6) is 0.355. The predicted molar refractivity (Wildman–Crippen MR) is 75.6 cm³/mol. The Morgan fingerprint density at radius 3 is 2.32 bits per heavy atom. The van der Waals surface area contributed by atoms with E-state index in [1.165, 1.54) is 6.42 Å². The van der Waals surface area contributed by atoms with Crippen LogP contribution in [0.4, 0.5) is 0 Å². The quantitative estimate of drug-likeness (QED) is 0.744. The number of carbonyl (C=O) groups excluding carboxylic acids is 1. The fourth-order valence-electron chi connectivity index (χ4n) is 3.24. The summed E-state index contributed by atoms with van der Waals surface area (Å²) < 4.78 is 23.3. The lowest BCUT2D eigenvalue weighted by molar-refractivity contribution is -0.131. The molecule has 1 heterocycles. The van der Waals surface area contributed by atoms with Crippen LogP contribution in [0.5, 0.6) is 0 Å². The number of nitrogens with zero attached hydrogens (tertiary/aromatic N) is 1. The molecule has 2 fully saturated rings. The van der Waals surface area contributed by atoms with E-state index in [9.17, 15) is 13.2 Å². The van der Waals surface area contributed by atoms with Crippen LogP contribution in [0.2, 0.25) is 0 Å². The zero-order valence-electron chi connectivity index (χ0n) is 11.5. The zero-order chi connectivity index (χ0) is 13.9. The van der Waals surface area contributed by atoms with Crippen molar-refractivity contribution in [3.05, 3.63) is 12.2 Å². The number of rotatable bonds is 3. The first-order valence-electron chi connectivity index (χ1n) is 7.19. The minimum absolute atomic E-state index is 0.0171. The summed E-state index contributed by atoms with van der Waals surface area (Å²) in [5, 5.41) is 0. The maximum absolute atomic E-state index is 12.3. The number of hydrogen-bond donors (Lipinski definition) is 0. The molecule has 0 aromatic carbocycles. The number of carbonyl (C=O) groups is 1. The second-order valence-corrected chi connectivity index (χ2v) is 7.82. The largest absolute Gasteiger partial charge is 0.332 e. The molecule has 0 aromatic heterocycles. The molecule has 1 atom stereocenters. The molecule has 0 bridgehead atoms. The first-order chi connectivity index (χ1) is 9.03. The summed E-state index contributed by atoms with van der Waals surface area (Å²) in [7, 11) is -2.95. The van der Waals surface area contributed by atoms with Crippen LogP contribution >= 0.6 is 0 Å². The average molecular weight is 285 g/mol. The molecule has 0 N–H and O–H groups in total. The molecule has 0 spiro atoms. The van der Waals surface area contributed by atoms with E-state index in [1.807, 2.05) is 11.8 Å². The molecule has 1 unspecified atom stereocenters. The topological polar surface area (TPSA) is 54.5 Å². The number of allylic oxidation sites excluding steroid dienone is 1. The van der Waals surface area contributed by atoms with Gasteiger partial charge >= 0.3 is 0 Å². The molecule has 1 saturated carbocycles. The summed E-state index contributed by atoms with van der Waals surface area (Å²) in [6.07, 6.45) is 9.45. The summed E-state index contributed by atoms with van der Waals surface area (Å²) >= 11 is 0.